The molecule has 0 radical (unpaired) electrons. The lowest BCUT2D eigenvalue weighted by atomic mass is 10.1. The van der Waals surface area contributed by atoms with E-state index in [9.17, 15) is 13.2 Å². The molecule has 6 nitrogen and oxygen atoms in total. The standard InChI is InChI=1S/C13H21N3O3S/c1-9(2)11-6-12(15-14-11)13(17)16-4-5-20(18,19)8-10(3)7-16/h6,9-10H,4-5,7-8H2,1-3H3,(H,14,15). The maximum Gasteiger partial charge on any atom is 0.274 e. The topological polar surface area (TPSA) is 83.1 Å². The van der Waals surface area contributed by atoms with Crippen LogP contribution in [0.15, 0.2) is 6.07 Å². The van der Waals surface area contributed by atoms with E-state index in [0.29, 0.717) is 12.2 Å². The number of carbonyl (C=O) groups is 1. The maximum atomic E-state index is 12.4. The number of sulfone groups is 1. The van der Waals surface area contributed by atoms with Crippen molar-refractivity contribution in [1.29, 1.82) is 0 Å². The Kier molecular flexibility index (Phi) is 4.17. The monoisotopic (exact) mass is 299 g/mol. The van der Waals surface area contributed by atoms with Gasteiger partial charge in [-0.15, -0.1) is 0 Å². The van der Waals surface area contributed by atoms with Crippen molar-refractivity contribution in [3.05, 3.63) is 17.5 Å². The third kappa shape index (κ3) is 3.39. The highest BCUT2D eigenvalue weighted by molar-refractivity contribution is 7.91. The van der Waals surface area contributed by atoms with Gasteiger partial charge in [0, 0.05) is 18.8 Å². The molecule has 20 heavy (non-hydrogen) atoms. The predicted molar refractivity (Wildman–Crippen MR) is 76.4 cm³/mol. The summed E-state index contributed by atoms with van der Waals surface area (Å²) in [5.74, 6) is 0.207. The second-order valence-corrected chi connectivity index (χ2v) is 8.06. The van der Waals surface area contributed by atoms with Crippen molar-refractivity contribution in [2.45, 2.75) is 26.7 Å². The van der Waals surface area contributed by atoms with Gasteiger partial charge in [0.2, 0.25) is 0 Å². The van der Waals surface area contributed by atoms with Crippen LogP contribution in [0.5, 0.6) is 0 Å². The molecule has 1 amide bonds. The number of aromatic amines is 1. The summed E-state index contributed by atoms with van der Waals surface area (Å²) in [6.45, 7) is 6.59. The van der Waals surface area contributed by atoms with Crippen LogP contribution in [0.25, 0.3) is 0 Å². The second kappa shape index (κ2) is 5.55. The molecule has 0 bridgehead atoms. The van der Waals surface area contributed by atoms with E-state index in [1.165, 1.54) is 0 Å². The third-order valence-corrected chi connectivity index (χ3v) is 5.35. The van der Waals surface area contributed by atoms with E-state index in [1.54, 1.807) is 11.0 Å². The van der Waals surface area contributed by atoms with Gasteiger partial charge in [0.1, 0.15) is 5.69 Å². The summed E-state index contributed by atoms with van der Waals surface area (Å²) in [6.07, 6.45) is 0. The Bertz CT molecular complexity index is 592. The molecule has 0 saturated carbocycles. The highest BCUT2D eigenvalue weighted by Crippen LogP contribution is 2.16. The first-order valence-corrected chi connectivity index (χ1v) is 8.65. The number of amides is 1. The summed E-state index contributed by atoms with van der Waals surface area (Å²) in [4.78, 5) is 14.0. The van der Waals surface area contributed by atoms with Gasteiger partial charge in [-0.2, -0.15) is 5.10 Å². The SMILES string of the molecule is CC1CN(C(=O)c2cc(C(C)C)[nH]n2)CCS(=O)(=O)C1. The molecule has 7 heteroatoms. The van der Waals surface area contributed by atoms with E-state index in [-0.39, 0.29) is 35.8 Å². The lowest BCUT2D eigenvalue weighted by Gasteiger charge is -2.20. The van der Waals surface area contributed by atoms with Crippen molar-refractivity contribution in [3.63, 3.8) is 0 Å². The summed E-state index contributed by atoms with van der Waals surface area (Å²) in [5, 5.41) is 6.89. The smallest absolute Gasteiger partial charge is 0.274 e. The lowest BCUT2D eigenvalue weighted by Crippen LogP contribution is -2.35. The molecule has 1 saturated heterocycles. The Morgan fingerprint density at radius 3 is 2.80 bits per heavy atom. The molecular weight excluding hydrogens is 278 g/mol. The molecule has 1 N–H and O–H groups in total. The predicted octanol–water partition coefficient (Wildman–Crippen LogP) is 1.04. The molecular formula is C13H21N3O3S. The molecule has 0 aliphatic carbocycles. The number of H-pyrrole nitrogens is 1. The highest BCUT2D eigenvalue weighted by atomic mass is 32.2. The fraction of sp³-hybridized carbons (Fsp3) is 0.692. The molecule has 1 unspecified atom stereocenters. The number of hydrogen-bond donors (Lipinski definition) is 1. The Morgan fingerprint density at radius 1 is 1.50 bits per heavy atom. The molecule has 0 aromatic carbocycles. The van der Waals surface area contributed by atoms with Crippen molar-refractivity contribution in [3.8, 4) is 0 Å². The Morgan fingerprint density at radius 2 is 2.20 bits per heavy atom. The van der Waals surface area contributed by atoms with Gasteiger partial charge < -0.3 is 4.90 Å². The molecule has 2 heterocycles. The molecule has 1 aromatic heterocycles. The van der Waals surface area contributed by atoms with Crippen LogP contribution < -0.4 is 0 Å². The van der Waals surface area contributed by atoms with Crippen LogP contribution in [0, 0.1) is 5.92 Å². The quantitative estimate of drug-likeness (QED) is 0.884. The van der Waals surface area contributed by atoms with Crippen molar-refractivity contribution in [1.82, 2.24) is 15.1 Å². The van der Waals surface area contributed by atoms with Gasteiger partial charge in [-0.3, -0.25) is 9.89 Å². The van der Waals surface area contributed by atoms with Gasteiger partial charge in [-0.05, 0) is 17.9 Å². The molecule has 1 aliphatic heterocycles. The maximum absolute atomic E-state index is 12.4. The van der Waals surface area contributed by atoms with Gasteiger partial charge in [-0.25, -0.2) is 8.42 Å². The number of nitrogens with one attached hydrogen (secondary N) is 1. The number of hydrogen-bond acceptors (Lipinski definition) is 4. The van der Waals surface area contributed by atoms with Gasteiger partial charge in [0.25, 0.3) is 5.91 Å². The van der Waals surface area contributed by atoms with Crippen molar-refractivity contribution in [2.24, 2.45) is 5.92 Å². The first-order valence-electron chi connectivity index (χ1n) is 6.83. The third-order valence-electron chi connectivity index (χ3n) is 3.47. The summed E-state index contributed by atoms with van der Waals surface area (Å²) in [6, 6.07) is 1.75. The van der Waals surface area contributed by atoms with Crippen LogP contribution in [0.3, 0.4) is 0 Å². The van der Waals surface area contributed by atoms with Crippen LogP contribution in [0.2, 0.25) is 0 Å². The average Bonchev–Trinajstić information content (AvgIpc) is 2.77. The van der Waals surface area contributed by atoms with E-state index >= 15 is 0 Å². The zero-order chi connectivity index (χ0) is 14.9. The zero-order valence-corrected chi connectivity index (χ0v) is 12.9. The minimum atomic E-state index is -3.05. The van der Waals surface area contributed by atoms with Crippen LogP contribution >= 0.6 is 0 Å². The number of nitrogens with zero attached hydrogens (tertiary/aromatic N) is 2. The lowest BCUT2D eigenvalue weighted by molar-refractivity contribution is 0.0745. The number of carbonyl (C=O) groups excluding carboxylic acids is 1. The van der Waals surface area contributed by atoms with E-state index in [1.807, 2.05) is 20.8 Å². The molecule has 1 atom stereocenters. The van der Waals surface area contributed by atoms with Crippen LogP contribution in [0.1, 0.15) is 42.9 Å². The van der Waals surface area contributed by atoms with Crippen LogP contribution in [0.4, 0.5) is 0 Å². The molecule has 2 rings (SSSR count). The molecule has 0 spiro atoms. The first-order chi connectivity index (χ1) is 9.28. The summed E-state index contributed by atoms with van der Waals surface area (Å²) in [5.41, 5.74) is 1.27. The summed E-state index contributed by atoms with van der Waals surface area (Å²) < 4.78 is 23.4. The van der Waals surface area contributed by atoms with Crippen LogP contribution in [-0.4, -0.2) is 54.0 Å². The number of rotatable bonds is 2. The Hall–Kier alpha value is -1.37. The van der Waals surface area contributed by atoms with E-state index < -0.39 is 9.84 Å². The van der Waals surface area contributed by atoms with E-state index in [4.69, 9.17) is 0 Å². The Labute approximate surface area is 119 Å². The van der Waals surface area contributed by atoms with Crippen molar-refractivity contribution >= 4 is 15.7 Å². The van der Waals surface area contributed by atoms with Gasteiger partial charge in [0.15, 0.2) is 9.84 Å². The first kappa shape index (κ1) is 15.0. The second-order valence-electron chi connectivity index (χ2n) is 5.83. The summed E-state index contributed by atoms with van der Waals surface area (Å²) >= 11 is 0. The summed E-state index contributed by atoms with van der Waals surface area (Å²) in [7, 11) is -3.05. The largest absolute Gasteiger partial charge is 0.336 e. The zero-order valence-electron chi connectivity index (χ0n) is 12.1. The van der Waals surface area contributed by atoms with Crippen molar-refractivity contribution in [2.75, 3.05) is 24.6 Å². The van der Waals surface area contributed by atoms with E-state index in [0.717, 1.165) is 5.69 Å². The van der Waals surface area contributed by atoms with Gasteiger partial charge in [-0.1, -0.05) is 20.8 Å². The van der Waals surface area contributed by atoms with Gasteiger partial charge in [0.05, 0.1) is 11.5 Å². The van der Waals surface area contributed by atoms with Crippen LogP contribution in [-0.2, 0) is 9.84 Å². The fourth-order valence-corrected chi connectivity index (χ4v) is 4.01. The Balaban J connectivity index is 2.15. The van der Waals surface area contributed by atoms with E-state index in [2.05, 4.69) is 10.2 Å². The van der Waals surface area contributed by atoms with Gasteiger partial charge >= 0.3 is 0 Å². The highest BCUT2D eigenvalue weighted by Gasteiger charge is 2.28. The normalized spacial score (nSPS) is 22.8. The average molecular weight is 299 g/mol. The molecule has 1 aromatic rings. The minimum Gasteiger partial charge on any atom is -0.336 e. The minimum absolute atomic E-state index is 0.0323. The fourth-order valence-electron chi connectivity index (χ4n) is 2.37. The molecule has 112 valence electrons. The molecule has 1 aliphatic rings. The number of aromatic nitrogens is 2. The van der Waals surface area contributed by atoms with Crippen molar-refractivity contribution < 1.29 is 13.2 Å². The molecule has 1 fully saturated rings.